The molecule has 3 N–H and O–H groups in total. The lowest BCUT2D eigenvalue weighted by Gasteiger charge is -2.22. The molecule has 0 amide bonds. The van der Waals surface area contributed by atoms with Gasteiger partial charge < -0.3 is 10.8 Å². The Labute approximate surface area is 94.7 Å². The standard InChI is InChI=1S/C11H15NO2S/c12-11(8-15,10(13)14)7-6-9-4-2-1-3-5-9/h1-5,15H,6-8,12H2,(H,13,14). The summed E-state index contributed by atoms with van der Waals surface area (Å²) >= 11 is 3.98. The van der Waals surface area contributed by atoms with Crippen LogP contribution in [-0.2, 0) is 11.2 Å². The van der Waals surface area contributed by atoms with E-state index in [1.165, 1.54) is 0 Å². The average molecular weight is 225 g/mol. The van der Waals surface area contributed by atoms with Crippen molar-refractivity contribution in [2.75, 3.05) is 5.75 Å². The lowest BCUT2D eigenvalue weighted by molar-refractivity contribution is -0.142. The zero-order chi connectivity index (χ0) is 11.3. The molecule has 0 saturated carbocycles. The number of carboxylic acid groups (broad SMARTS) is 1. The number of nitrogens with two attached hydrogens (primary N) is 1. The van der Waals surface area contributed by atoms with Crippen LogP contribution in [0.3, 0.4) is 0 Å². The molecule has 1 unspecified atom stereocenters. The maximum atomic E-state index is 10.9. The van der Waals surface area contributed by atoms with Gasteiger partial charge in [-0.05, 0) is 18.4 Å². The highest BCUT2D eigenvalue weighted by molar-refractivity contribution is 7.80. The predicted molar refractivity (Wildman–Crippen MR) is 63.2 cm³/mol. The van der Waals surface area contributed by atoms with Crippen molar-refractivity contribution in [3.8, 4) is 0 Å². The second-order valence-corrected chi connectivity index (χ2v) is 3.92. The summed E-state index contributed by atoms with van der Waals surface area (Å²) in [5.74, 6) is -0.844. The molecule has 0 bridgehead atoms. The molecular formula is C11H15NO2S. The van der Waals surface area contributed by atoms with Crippen LogP contribution in [0, 0.1) is 0 Å². The van der Waals surface area contributed by atoms with Crippen molar-refractivity contribution < 1.29 is 9.90 Å². The highest BCUT2D eigenvalue weighted by Crippen LogP contribution is 2.14. The first-order valence-corrected chi connectivity index (χ1v) is 5.39. The van der Waals surface area contributed by atoms with Gasteiger partial charge in [0, 0.05) is 5.75 Å². The number of carboxylic acids is 1. The van der Waals surface area contributed by atoms with Crippen LogP contribution in [0.25, 0.3) is 0 Å². The van der Waals surface area contributed by atoms with Crippen LogP contribution in [-0.4, -0.2) is 22.4 Å². The Morgan fingerprint density at radius 2 is 2.00 bits per heavy atom. The van der Waals surface area contributed by atoms with Crippen molar-refractivity contribution in [3.63, 3.8) is 0 Å². The van der Waals surface area contributed by atoms with E-state index in [-0.39, 0.29) is 5.75 Å². The fourth-order valence-corrected chi connectivity index (χ4v) is 1.56. The van der Waals surface area contributed by atoms with Gasteiger partial charge in [0.05, 0.1) is 0 Å². The Bertz CT molecular complexity index is 329. The molecule has 0 aliphatic carbocycles. The second kappa shape index (κ2) is 5.19. The first-order valence-electron chi connectivity index (χ1n) is 4.75. The largest absolute Gasteiger partial charge is 0.480 e. The van der Waals surface area contributed by atoms with Gasteiger partial charge in [-0.1, -0.05) is 30.3 Å². The lowest BCUT2D eigenvalue weighted by Crippen LogP contribution is -2.50. The minimum absolute atomic E-state index is 0.148. The highest BCUT2D eigenvalue weighted by atomic mass is 32.1. The number of thiol groups is 1. The van der Waals surface area contributed by atoms with E-state index in [4.69, 9.17) is 10.8 Å². The highest BCUT2D eigenvalue weighted by Gasteiger charge is 2.31. The van der Waals surface area contributed by atoms with Crippen molar-refractivity contribution in [3.05, 3.63) is 35.9 Å². The van der Waals surface area contributed by atoms with E-state index in [1.807, 2.05) is 30.3 Å². The Hall–Kier alpha value is -1.00. The third-order valence-corrected chi connectivity index (χ3v) is 2.97. The van der Waals surface area contributed by atoms with Crippen LogP contribution in [0.1, 0.15) is 12.0 Å². The second-order valence-electron chi connectivity index (χ2n) is 3.61. The van der Waals surface area contributed by atoms with Crippen LogP contribution >= 0.6 is 12.6 Å². The topological polar surface area (TPSA) is 63.3 Å². The number of carbonyl (C=O) groups is 1. The molecule has 15 heavy (non-hydrogen) atoms. The fourth-order valence-electron chi connectivity index (χ4n) is 1.27. The van der Waals surface area contributed by atoms with Crippen molar-refractivity contribution in [2.45, 2.75) is 18.4 Å². The van der Waals surface area contributed by atoms with Gasteiger partial charge in [-0.2, -0.15) is 12.6 Å². The van der Waals surface area contributed by atoms with Crippen LogP contribution in [0.5, 0.6) is 0 Å². The van der Waals surface area contributed by atoms with E-state index >= 15 is 0 Å². The quantitative estimate of drug-likeness (QED) is 0.662. The molecule has 0 aliphatic heterocycles. The van der Waals surface area contributed by atoms with Gasteiger partial charge in [0.15, 0.2) is 0 Å². The molecule has 0 aromatic heterocycles. The van der Waals surface area contributed by atoms with Crippen molar-refractivity contribution in [2.24, 2.45) is 5.73 Å². The summed E-state index contributed by atoms with van der Waals surface area (Å²) in [6, 6.07) is 9.70. The van der Waals surface area contributed by atoms with E-state index < -0.39 is 11.5 Å². The summed E-state index contributed by atoms with van der Waals surface area (Å²) in [7, 11) is 0. The monoisotopic (exact) mass is 225 g/mol. The van der Waals surface area contributed by atoms with Crippen LogP contribution in [0.2, 0.25) is 0 Å². The molecule has 0 saturated heterocycles. The predicted octanol–water partition coefficient (Wildman–Crippen LogP) is 1.33. The molecule has 0 aliphatic rings. The first-order chi connectivity index (χ1) is 7.08. The molecule has 1 aromatic rings. The Morgan fingerprint density at radius 1 is 1.40 bits per heavy atom. The third kappa shape index (κ3) is 3.25. The molecule has 4 heteroatoms. The number of benzene rings is 1. The van der Waals surface area contributed by atoms with E-state index in [0.29, 0.717) is 12.8 Å². The normalized spacial score (nSPS) is 14.5. The molecule has 3 nitrogen and oxygen atoms in total. The minimum Gasteiger partial charge on any atom is -0.480 e. The Morgan fingerprint density at radius 3 is 2.47 bits per heavy atom. The molecule has 1 aromatic carbocycles. The smallest absolute Gasteiger partial charge is 0.324 e. The summed E-state index contributed by atoms with van der Waals surface area (Å²) < 4.78 is 0. The van der Waals surface area contributed by atoms with Crippen LogP contribution < -0.4 is 5.73 Å². The van der Waals surface area contributed by atoms with Gasteiger partial charge in [0.2, 0.25) is 0 Å². The SMILES string of the molecule is NC(CS)(CCc1ccccc1)C(=O)O. The molecule has 1 rings (SSSR count). The van der Waals surface area contributed by atoms with E-state index in [2.05, 4.69) is 12.6 Å². The summed E-state index contributed by atoms with van der Waals surface area (Å²) in [5, 5.41) is 8.94. The molecule has 0 spiro atoms. The fraction of sp³-hybridized carbons (Fsp3) is 0.364. The van der Waals surface area contributed by atoms with Gasteiger partial charge in [0.25, 0.3) is 0 Å². The summed E-state index contributed by atoms with van der Waals surface area (Å²) in [4.78, 5) is 10.9. The molecule has 0 radical (unpaired) electrons. The van der Waals surface area contributed by atoms with Crippen molar-refractivity contribution in [1.82, 2.24) is 0 Å². The zero-order valence-corrected chi connectivity index (χ0v) is 9.28. The molecule has 0 fully saturated rings. The maximum Gasteiger partial charge on any atom is 0.324 e. The molecule has 1 atom stereocenters. The van der Waals surface area contributed by atoms with Gasteiger partial charge >= 0.3 is 5.97 Å². The Balaban J connectivity index is 2.59. The van der Waals surface area contributed by atoms with E-state index in [1.54, 1.807) is 0 Å². The molecular weight excluding hydrogens is 210 g/mol. The number of aliphatic carboxylic acids is 1. The summed E-state index contributed by atoms with van der Waals surface area (Å²) in [6.45, 7) is 0. The first kappa shape index (κ1) is 12.1. The minimum atomic E-state index is -1.22. The number of rotatable bonds is 5. The van der Waals surface area contributed by atoms with Crippen LogP contribution in [0.4, 0.5) is 0 Å². The van der Waals surface area contributed by atoms with Crippen LogP contribution in [0.15, 0.2) is 30.3 Å². The molecule has 0 heterocycles. The van der Waals surface area contributed by atoms with Crippen molar-refractivity contribution >= 4 is 18.6 Å². The van der Waals surface area contributed by atoms with Gasteiger partial charge in [-0.15, -0.1) is 0 Å². The third-order valence-electron chi connectivity index (χ3n) is 2.41. The van der Waals surface area contributed by atoms with E-state index in [9.17, 15) is 4.79 Å². The van der Waals surface area contributed by atoms with Gasteiger partial charge in [0.1, 0.15) is 5.54 Å². The number of hydrogen-bond acceptors (Lipinski definition) is 3. The number of aryl methyl sites for hydroxylation is 1. The lowest BCUT2D eigenvalue weighted by atomic mass is 9.94. The average Bonchev–Trinajstić information content (AvgIpc) is 2.27. The van der Waals surface area contributed by atoms with E-state index in [0.717, 1.165) is 5.56 Å². The number of hydrogen-bond donors (Lipinski definition) is 3. The summed E-state index contributed by atoms with van der Waals surface area (Å²) in [6.07, 6.45) is 1.06. The summed E-state index contributed by atoms with van der Waals surface area (Å²) in [5.41, 5.74) is 5.58. The zero-order valence-electron chi connectivity index (χ0n) is 8.39. The molecule has 82 valence electrons. The maximum absolute atomic E-state index is 10.9. The van der Waals surface area contributed by atoms with Gasteiger partial charge in [-0.25, -0.2) is 0 Å². The Kier molecular flexibility index (Phi) is 4.17. The van der Waals surface area contributed by atoms with Gasteiger partial charge in [-0.3, -0.25) is 4.79 Å². The van der Waals surface area contributed by atoms with Crippen molar-refractivity contribution in [1.29, 1.82) is 0 Å².